The van der Waals surface area contributed by atoms with Crippen LogP contribution in [0.4, 0.5) is 0 Å². The Morgan fingerprint density at radius 1 is 0.864 bits per heavy atom. The molecule has 1 aromatic heterocycles. The molecule has 0 atom stereocenters. The molecule has 1 rings (SSSR count). The largest absolute Gasteiger partial charge is 1.00 e. The molecule has 0 fully saturated rings. The molecule has 0 spiro atoms. The van der Waals surface area contributed by atoms with E-state index in [1.807, 2.05) is 0 Å². The molecule has 0 unspecified atom stereocenters. The van der Waals surface area contributed by atoms with Gasteiger partial charge in [-0.25, -0.2) is 4.57 Å². The lowest BCUT2D eigenvalue weighted by Crippen LogP contribution is -3.00. The number of rotatable bonds is 12. The van der Waals surface area contributed by atoms with E-state index in [-0.39, 0.29) is 24.0 Å². The number of aromatic nitrogens is 1. The highest BCUT2D eigenvalue weighted by molar-refractivity contribution is 5.07. The van der Waals surface area contributed by atoms with Crippen LogP contribution < -0.4 is 28.5 Å². The van der Waals surface area contributed by atoms with Gasteiger partial charge in [-0.15, -0.1) is 0 Å². The average Bonchev–Trinajstić information content (AvgIpc) is 2.49. The Kier molecular flexibility index (Phi) is 14.4. The molecule has 0 amide bonds. The molecule has 0 radical (unpaired) electrons. The fourth-order valence-electron chi connectivity index (χ4n) is 2.69. The normalized spacial score (nSPS) is 10.7. The predicted molar refractivity (Wildman–Crippen MR) is 92.4 cm³/mol. The Hall–Kier alpha value is -0.120. The molecular formula is C20H36IN. The first-order valence-corrected chi connectivity index (χ1v) is 9.20. The zero-order chi connectivity index (χ0) is 15.3. The van der Waals surface area contributed by atoms with Crippen LogP contribution in [0.25, 0.3) is 0 Å². The summed E-state index contributed by atoms with van der Waals surface area (Å²) in [6.45, 7) is 8.06. The van der Waals surface area contributed by atoms with E-state index >= 15 is 0 Å². The summed E-state index contributed by atoms with van der Waals surface area (Å²) in [5.74, 6) is 0.801. The van der Waals surface area contributed by atoms with Crippen molar-refractivity contribution in [3.8, 4) is 0 Å². The Morgan fingerprint density at radius 2 is 1.41 bits per heavy atom. The molecule has 128 valence electrons. The van der Waals surface area contributed by atoms with E-state index in [0.29, 0.717) is 0 Å². The molecule has 0 N–H and O–H groups in total. The standard InChI is InChI=1S/C20H36N.HI/c1-4-5-6-7-8-9-10-11-16-21-17-14-20(15-18-21)13-12-19(2)3;/h14-15,17-19H,4-13,16H2,1-3H3;1H/q+1;/p-1. The van der Waals surface area contributed by atoms with Crippen molar-refractivity contribution in [2.45, 2.75) is 91.5 Å². The summed E-state index contributed by atoms with van der Waals surface area (Å²) in [6, 6.07) is 4.60. The Bertz CT molecular complexity index is 345. The summed E-state index contributed by atoms with van der Waals surface area (Å²) in [7, 11) is 0. The van der Waals surface area contributed by atoms with Gasteiger partial charge in [-0.3, -0.25) is 0 Å². The lowest BCUT2D eigenvalue weighted by Gasteiger charge is -2.04. The Balaban J connectivity index is 0.00000441. The highest BCUT2D eigenvalue weighted by Gasteiger charge is 2.02. The second-order valence-corrected chi connectivity index (χ2v) is 6.85. The third-order valence-corrected chi connectivity index (χ3v) is 4.24. The molecule has 0 saturated carbocycles. The fourth-order valence-corrected chi connectivity index (χ4v) is 2.69. The van der Waals surface area contributed by atoms with Crippen molar-refractivity contribution in [1.82, 2.24) is 0 Å². The molecule has 22 heavy (non-hydrogen) atoms. The van der Waals surface area contributed by atoms with Gasteiger partial charge in [-0.2, -0.15) is 0 Å². The third-order valence-electron chi connectivity index (χ3n) is 4.24. The monoisotopic (exact) mass is 417 g/mol. The summed E-state index contributed by atoms with van der Waals surface area (Å²) in [6.07, 6.45) is 18.2. The third kappa shape index (κ3) is 11.4. The molecule has 0 aliphatic carbocycles. The van der Waals surface area contributed by atoms with Crippen molar-refractivity contribution >= 4 is 0 Å². The SMILES string of the molecule is CCCCCCCCCC[n+]1ccc(CCC(C)C)cc1.[I-]. The van der Waals surface area contributed by atoms with Crippen LogP contribution in [0.5, 0.6) is 0 Å². The molecule has 0 aliphatic rings. The summed E-state index contributed by atoms with van der Waals surface area (Å²) in [4.78, 5) is 0. The molecule has 0 bridgehead atoms. The quantitative estimate of drug-likeness (QED) is 0.280. The summed E-state index contributed by atoms with van der Waals surface area (Å²) in [5.41, 5.74) is 1.48. The van der Waals surface area contributed by atoms with Gasteiger partial charge in [0.05, 0.1) is 0 Å². The fraction of sp³-hybridized carbons (Fsp3) is 0.750. The zero-order valence-corrected chi connectivity index (χ0v) is 17.1. The molecule has 0 aromatic carbocycles. The highest BCUT2D eigenvalue weighted by Crippen LogP contribution is 2.09. The van der Waals surface area contributed by atoms with Gasteiger partial charge in [0, 0.05) is 18.6 Å². The molecule has 1 nitrogen and oxygen atoms in total. The summed E-state index contributed by atoms with van der Waals surface area (Å²) in [5, 5.41) is 0. The molecule has 0 aliphatic heterocycles. The van der Waals surface area contributed by atoms with Crippen LogP contribution in [0.1, 0.15) is 84.1 Å². The number of pyridine rings is 1. The van der Waals surface area contributed by atoms with Crippen LogP contribution in [-0.4, -0.2) is 0 Å². The van der Waals surface area contributed by atoms with Crippen LogP contribution in [0.3, 0.4) is 0 Å². The van der Waals surface area contributed by atoms with Gasteiger partial charge in [0.2, 0.25) is 0 Å². The van der Waals surface area contributed by atoms with Crippen molar-refractivity contribution in [2.75, 3.05) is 0 Å². The number of halogens is 1. The van der Waals surface area contributed by atoms with Gasteiger partial charge < -0.3 is 24.0 Å². The zero-order valence-electron chi connectivity index (χ0n) is 15.0. The van der Waals surface area contributed by atoms with E-state index in [0.717, 1.165) is 5.92 Å². The minimum atomic E-state index is 0. The van der Waals surface area contributed by atoms with Gasteiger partial charge in [-0.1, -0.05) is 59.3 Å². The van der Waals surface area contributed by atoms with E-state index in [1.54, 1.807) is 0 Å². The molecule has 1 aromatic rings. The van der Waals surface area contributed by atoms with E-state index < -0.39 is 0 Å². The van der Waals surface area contributed by atoms with Crippen molar-refractivity contribution in [2.24, 2.45) is 5.92 Å². The Morgan fingerprint density at radius 3 is 1.95 bits per heavy atom. The highest BCUT2D eigenvalue weighted by atomic mass is 127. The second-order valence-electron chi connectivity index (χ2n) is 6.85. The smallest absolute Gasteiger partial charge is 0.169 e. The predicted octanol–water partition coefficient (Wildman–Crippen LogP) is 2.71. The first-order chi connectivity index (χ1) is 10.2. The van der Waals surface area contributed by atoms with E-state index in [2.05, 4.69) is 49.9 Å². The van der Waals surface area contributed by atoms with E-state index in [1.165, 1.54) is 76.3 Å². The number of hydrogen-bond donors (Lipinski definition) is 0. The molecule has 2 heteroatoms. The first-order valence-electron chi connectivity index (χ1n) is 9.20. The van der Waals surface area contributed by atoms with Crippen LogP contribution in [0.15, 0.2) is 24.5 Å². The lowest BCUT2D eigenvalue weighted by atomic mass is 10.0. The lowest BCUT2D eigenvalue weighted by molar-refractivity contribution is -0.697. The Labute approximate surface area is 155 Å². The topological polar surface area (TPSA) is 3.88 Å². The maximum atomic E-state index is 2.34. The number of nitrogens with zero attached hydrogens (tertiary/aromatic N) is 1. The van der Waals surface area contributed by atoms with E-state index in [9.17, 15) is 0 Å². The van der Waals surface area contributed by atoms with Crippen molar-refractivity contribution < 1.29 is 28.5 Å². The van der Waals surface area contributed by atoms with Crippen molar-refractivity contribution in [3.63, 3.8) is 0 Å². The van der Waals surface area contributed by atoms with Crippen LogP contribution in [0.2, 0.25) is 0 Å². The van der Waals surface area contributed by atoms with Gasteiger partial charge in [0.15, 0.2) is 12.4 Å². The summed E-state index contributed by atoms with van der Waals surface area (Å²) < 4.78 is 2.34. The maximum absolute atomic E-state index is 2.34. The number of hydrogen-bond acceptors (Lipinski definition) is 0. The van der Waals surface area contributed by atoms with Crippen LogP contribution >= 0.6 is 0 Å². The van der Waals surface area contributed by atoms with Gasteiger partial charge in [-0.05, 0) is 30.7 Å². The van der Waals surface area contributed by atoms with E-state index in [4.69, 9.17) is 0 Å². The average molecular weight is 417 g/mol. The number of aryl methyl sites for hydroxylation is 2. The van der Waals surface area contributed by atoms with Crippen LogP contribution in [0, 0.1) is 5.92 Å². The van der Waals surface area contributed by atoms with Crippen LogP contribution in [-0.2, 0) is 13.0 Å². The first kappa shape index (κ1) is 21.9. The van der Waals surface area contributed by atoms with Gasteiger partial charge in [0.25, 0.3) is 0 Å². The summed E-state index contributed by atoms with van der Waals surface area (Å²) >= 11 is 0. The van der Waals surface area contributed by atoms with Gasteiger partial charge in [0.1, 0.15) is 6.54 Å². The second kappa shape index (κ2) is 14.5. The van der Waals surface area contributed by atoms with Crippen molar-refractivity contribution in [1.29, 1.82) is 0 Å². The molecule has 0 saturated heterocycles. The van der Waals surface area contributed by atoms with Gasteiger partial charge >= 0.3 is 0 Å². The van der Waals surface area contributed by atoms with Crippen molar-refractivity contribution in [3.05, 3.63) is 30.1 Å². The minimum absolute atomic E-state index is 0. The molecular weight excluding hydrogens is 381 g/mol. The molecule has 1 heterocycles. The maximum Gasteiger partial charge on any atom is 0.169 e. The minimum Gasteiger partial charge on any atom is -1.00 e. The number of unbranched alkanes of at least 4 members (excludes halogenated alkanes) is 7.